The van der Waals surface area contributed by atoms with Gasteiger partial charge in [-0.2, -0.15) is 5.10 Å². The highest BCUT2D eigenvalue weighted by Crippen LogP contribution is 2.31. The third kappa shape index (κ3) is 1.84. The highest BCUT2D eigenvalue weighted by molar-refractivity contribution is 6.33. The Kier molecular flexibility index (Phi) is 2.89. The van der Waals surface area contributed by atoms with Crippen LogP contribution < -0.4 is 5.73 Å². The summed E-state index contributed by atoms with van der Waals surface area (Å²) in [6.07, 6.45) is 1.07. The number of aromatic nitrogens is 2. The number of rotatable bonds is 2. The molecule has 15 heavy (non-hydrogen) atoms. The maximum atomic E-state index is 6.01. The third-order valence-corrected chi connectivity index (χ3v) is 3.55. The summed E-state index contributed by atoms with van der Waals surface area (Å²) in [5.41, 5.74) is 6.69. The van der Waals surface area contributed by atoms with E-state index in [2.05, 4.69) is 12.0 Å². The minimum atomic E-state index is 0.249. The van der Waals surface area contributed by atoms with Crippen molar-refractivity contribution in [2.75, 3.05) is 18.9 Å². The van der Waals surface area contributed by atoms with E-state index in [1.807, 2.05) is 11.6 Å². The molecule has 84 valence electrons. The summed E-state index contributed by atoms with van der Waals surface area (Å²) < 4.78 is 7.18. The van der Waals surface area contributed by atoms with Gasteiger partial charge in [0, 0.05) is 12.5 Å². The average molecular weight is 230 g/mol. The predicted molar refractivity (Wildman–Crippen MR) is 60.0 cm³/mol. The lowest BCUT2D eigenvalue weighted by Crippen LogP contribution is -2.19. The van der Waals surface area contributed by atoms with Gasteiger partial charge in [0.15, 0.2) is 0 Å². The molecule has 0 aliphatic carbocycles. The molecule has 0 spiro atoms. The average Bonchev–Trinajstić information content (AvgIpc) is 2.82. The van der Waals surface area contributed by atoms with E-state index < -0.39 is 0 Å². The molecule has 2 rings (SSSR count). The number of halogens is 1. The minimum absolute atomic E-state index is 0.249. The summed E-state index contributed by atoms with van der Waals surface area (Å²) in [7, 11) is 0. The van der Waals surface area contributed by atoms with E-state index >= 15 is 0 Å². The monoisotopic (exact) mass is 229 g/mol. The Morgan fingerprint density at radius 1 is 1.67 bits per heavy atom. The van der Waals surface area contributed by atoms with Crippen LogP contribution >= 0.6 is 11.6 Å². The third-order valence-electron chi connectivity index (χ3n) is 3.08. The number of aryl methyl sites for hydroxylation is 1. The van der Waals surface area contributed by atoms with Crippen molar-refractivity contribution in [2.24, 2.45) is 5.92 Å². The molecule has 4 nitrogen and oxygen atoms in total. The smallest absolute Gasteiger partial charge is 0.141 e. The van der Waals surface area contributed by atoms with E-state index in [4.69, 9.17) is 22.1 Å². The first-order valence-corrected chi connectivity index (χ1v) is 5.57. The Morgan fingerprint density at radius 3 is 2.87 bits per heavy atom. The molecule has 1 aliphatic heterocycles. The van der Waals surface area contributed by atoms with Crippen molar-refractivity contribution in [3.8, 4) is 0 Å². The molecule has 0 aromatic carbocycles. The van der Waals surface area contributed by atoms with Gasteiger partial charge in [-0.3, -0.25) is 0 Å². The minimum Gasteiger partial charge on any atom is -0.383 e. The number of hydrogen-bond acceptors (Lipinski definition) is 3. The van der Waals surface area contributed by atoms with Gasteiger partial charge in [-0.15, -0.1) is 0 Å². The summed E-state index contributed by atoms with van der Waals surface area (Å²) in [6, 6.07) is 0.249. The van der Waals surface area contributed by atoms with Gasteiger partial charge in [-0.25, -0.2) is 4.68 Å². The van der Waals surface area contributed by atoms with Crippen molar-refractivity contribution < 1.29 is 4.74 Å². The fourth-order valence-electron chi connectivity index (χ4n) is 1.99. The number of nitrogen functional groups attached to an aromatic ring is 1. The Morgan fingerprint density at radius 2 is 2.40 bits per heavy atom. The van der Waals surface area contributed by atoms with Crippen LogP contribution in [0.5, 0.6) is 0 Å². The second kappa shape index (κ2) is 4.02. The highest BCUT2D eigenvalue weighted by Gasteiger charge is 2.26. The summed E-state index contributed by atoms with van der Waals surface area (Å²) in [5, 5.41) is 4.93. The molecule has 0 saturated carbocycles. The van der Waals surface area contributed by atoms with Crippen LogP contribution in [-0.4, -0.2) is 23.0 Å². The maximum absolute atomic E-state index is 6.01. The molecule has 2 unspecified atom stereocenters. The quantitative estimate of drug-likeness (QED) is 0.844. The molecular weight excluding hydrogens is 214 g/mol. The van der Waals surface area contributed by atoms with Gasteiger partial charge in [0.25, 0.3) is 0 Å². The highest BCUT2D eigenvalue weighted by atomic mass is 35.5. The van der Waals surface area contributed by atoms with Crippen molar-refractivity contribution >= 4 is 17.4 Å². The Bertz CT molecular complexity index is 358. The fraction of sp³-hybridized carbons (Fsp3) is 0.700. The molecule has 0 amide bonds. The van der Waals surface area contributed by atoms with Gasteiger partial charge in [-0.05, 0) is 20.3 Å². The first kappa shape index (κ1) is 10.8. The number of nitrogens with two attached hydrogens (primary N) is 1. The second-order valence-electron chi connectivity index (χ2n) is 4.09. The van der Waals surface area contributed by atoms with Gasteiger partial charge >= 0.3 is 0 Å². The van der Waals surface area contributed by atoms with E-state index in [9.17, 15) is 0 Å². The van der Waals surface area contributed by atoms with Crippen LogP contribution in [0.4, 0.5) is 5.82 Å². The molecule has 1 fully saturated rings. The van der Waals surface area contributed by atoms with Crippen molar-refractivity contribution in [3.63, 3.8) is 0 Å². The first-order valence-electron chi connectivity index (χ1n) is 5.19. The van der Waals surface area contributed by atoms with Gasteiger partial charge in [-0.1, -0.05) is 11.6 Å². The molecule has 1 aromatic heterocycles. The van der Waals surface area contributed by atoms with Crippen LogP contribution in [0.3, 0.4) is 0 Å². The molecule has 0 radical (unpaired) electrons. The number of nitrogens with zero attached hydrogens (tertiary/aromatic N) is 2. The molecule has 1 saturated heterocycles. The van der Waals surface area contributed by atoms with Crippen LogP contribution in [0.1, 0.15) is 25.1 Å². The summed E-state index contributed by atoms with van der Waals surface area (Å²) >= 11 is 6.01. The molecule has 1 aliphatic rings. The largest absolute Gasteiger partial charge is 0.383 e. The SMILES string of the molecule is Cc1nn(C(C)C2CCOC2)c(N)c1Cl. The lowest BCUT2D eigenvalue weighted by Gasteiger charge is -2.19. The molecule has 5 heteroatoms. The van der Waals surface area contributed by atoms with Gasteiger partial charge < -0.3 is 10.5 Å². The Balaban J connectivity index is 2.24. The fourth-order valence-corrected chi connectivity index (χ4v) is 2.11. The summed E-state index contributed by atoms with van der Waals surface area (Å²) in [5.74, 6) is 1.05. The Labute approximate surface area is 94.3 Å². The predicted octanol–water partition coefficient (Wildman–Crippen LogP) is 2.02. The van der Waals surface area contributed by atoms with Gasteiger partial charge in [0.2, 0.25) is 0 Å². The standard InChI is InChI=1S/C10H16ClN3O/c1-6-9(11)10(12)14(13-6)7(2)8-3-4-15-5-8/h7-8H,3-5,12H2,1-2H3. The van der Waals surface area contributed by atoms with E-state index in [1.54, 1.807) is 0 Å². The van der Waals surface area contributed by atoms with Crippen molar-refractivity contribution in [1.29, 1.82) is 0 Å². The van der Waals surface area contributed by atoms with Gasteiger partial charge in [0.05, 0.1) is 18.3 Å². The summed E-state index contributed by atoms with van der Waals surface area (Å²) in [4.78, 5) is 0. The number of hydrogen-bond donors (Lipinski definition) is 1. The lowest BCUT2D eigenvalue weighted by molar-refractivity contribution is 0.173. The molecule has 2 atom stereocenters. The first-order chi connectivity index (χ1) is 7.11. The molecule has 1 aromatic rings. The van der Waals surface area contributed by atoms with Crippen molar-refractivity contribution in [1.82, 2.24) is 9.78 Å². The van der Waals surface area contributed by atoms with Crippen LogP contribution in [0.2, 0.25) is 5.02 Å². The normalized spacial score (nSPS) is 23.3. The number of ether oxygens (including phenoxy) is 1. The van der Waals surface area contributed by atoms with Crippen molar-refractivity contribution in [2.45, 2.75) is 26.3 Å². The van der Waals surface area contributed by atoms with E-state index in [-0.39, 0.29) is 6.04 Å². The topological polar surface area (TPSA) is 53.1 Å². The molecule has 2 heterocycles. The maximum Gasteiger partial charge on any atom is 0.141 e. The van der Waals surface area contributed by atoms with Crippen molar-refractivity contribution in [3.05, 3.63) is 10.7 Å². The van der Waals surface area contributed by atoms with E-state index in [1.165, 1.54) is 0 Å². The van der Waals surface area contributed by atoms with Crippen LogP contribution in [0, 0.1) is 12.8 Å². The molecular formula is C10H16ClN3O. The molecule has 0 bridgehead atoms. The van der Waals surface area contributed by atoms with Crippen LogP contribution in [0.25, 0.3) is 0 Å². The summed E-state index contributed by atoms with van der Waals surface area (Å²) in [6.45, 7) is 5.60. The Hall–Kier alpha value is -0.740. The molecule has 2 N–H and O–H groups in total. The van der Waals surface area contributed by atoms with E-state index in [0.29, 0.717) is 16.8 Å². The van der Waals surface area contributed by atoms with Crippen LogP contribution in [0.15, 0.2) is 0 Å². The second-order valence-corrected chi connectivity index (χ2v) is 4.47. The lowest BCUT2D eigenvalue weighted by atomic mass is 10.0. The number of anilines is 1. The zero-order valence-corrected chi connectivity index (χ0v) is 9.79. The zero-order valence-electron chi connectivity index (χ0n) is 9.03. The van der Waals surface area contributed by atoms with Crippen LogP contribution in [-0.2, 0) is 4.74 Å². The van der Waals surface area contributed by atoms with E-state index in [0.717, 1.165) is 25.3 Å². The zero-order chi connectivity index (χ0) is 11.0. The van der Waals surface area contributed by atoms with Gasteiger partial charge in [0.1, 0.15) is 10.8 Å².